The molecule has 0 aliphatic heterocycles. The highest BCUT2D eigenvalue weighted by Crippen LogP contribution is 2.20. The average Bonchev–Trinajstić information content (AvgIpc) is 3.06. The number of ether oxygens (including phenoxy) is 2. The minimum absolute atomic E-state index is 0.0856. The zero-order chi connectivity index (χ0) is 17.5. The molecule has 1 aromatic carbocycles. The second-order valence-corrected chi connectivity index (χ2v) is 5.66. The van der Waals surface area contributed by atoms with Crippen LogP contribution >= 0.6 is 0 Å². The highest BCUT2D eigenvalue weighted by atomic mass is 16.6. The number of hydrogen-bond donors (Lipinski definition) is 0. The predicted molar refractivity (Wildman–Crippen MR) is 89.2 cm³/mol. The Labute approximate surface area is 141 Å². The number of hydrogen-bond acceptors (Lipinski definition) is 6. The van der Waals surface area contributed by atoms with Crippen LogP contribution in [0.2, 0.25) is 0 Å². The number of nitrogens with zero attached hydrogens (tertiary/aromatic N) is 2. The standard InChI is InChI=1S/C18H22N2O4/c1-5-10-22-13(4)18(21)23-11-16-19-17(20-24-16)15-8-6-14(7-9-15)12(2)3/h5-9,12-13H,1,10-11H2,2-4H3. The van der Waals surface area contributed by atoms with E-state index in [9.17, 15) is 4.79 Å². The van der Waals surface area contributed by atoms with Crippen LogP contribution in [0.4, 0.5) is 0 Å². The predicted octanol–water partition coefficient (Wildman–Crippen LogP) is 3.49. The van der Waals surface area contributed by atoms with E-state index in [4.69, 9.17) is 14.0 Å². The summed E-state index contributed by atoms with van der Waals surface area (Å²) >= 11 is 0. The van der Waals surface area contributed by atoms with Crippen LogP contribution in [-0.2, 0) is 20.9 Å². The van der Waals surface area contributed by atoms with E-state index in [1.807, 2.05) is 24.3 Å². The van der Waals surface area contributed by atoms with Crippen LogP contribution in [0.25, 0.3) is 11.4 Å². The number of benzene rings is 1. The zero-order valence-electron chi connectivity index (χ0n) is 14.2. The monoisotopic (exact) mass is 330 g/mol. The molecular weight excluding hydrogens is 308 g/mol. The highest BCUT2D eigenvalue weighted by Gasteiger charge is 2.16. The molecule has 0 radical (unpaired) electrons. The maximum atomic E-state index is 11.7. The van der Waals surface area contributed by atoms with Crippen LogP contribution in [0.5, 0.6) is 0 Å². The zero-order valence-corrected chi connectivity index (χ0v) is 14.2. The summed E-state index contributed by atoms with van der Waals surface area (Å²) in [5.74, 6) is 0.678. The molecule has 1 aromatic heterocycles. The molecule has 24 heavy (non-hydrogen) atoms. The van der Waals surface area contributed by atoms with Gasteiger partial charge in [0, 0.05) is 5.56 Å². The molecule has 0 aliphatic rings. The smallest absolute Gasteiger partial charge is 0.335 e. The molecule has 0 saturated heterocycles. The third kappa shape index (κ3) is 4.76. The highest BCUT2D eigenvalue weighted by molar-refractivity contribution is 5.74. The Hall–Kier alpha value is -2.47. The summed E-state index contributed by atoms with van der Waals surface area (Å²) in [6, 6.07) is 7.96. The van der Waals surface area contributed by atoms with Crippen molar-refractivity contribution in [1.82, 2.24) is 10.1 Å². The molecule has 0 saturated carbocycles. The number of rotatable bonds is 8. The summed E-state index contributed by atoms with van der Waals surface area (Å²) in [7, 11) is 0. The fourth-order valence-corrected chi connectivity index (χ4v) is 1.98. The average molecular weight is 330 g/mol. The van der Waals surface area contributed by atoms with Gasteiger partial charge in [-0.1, -0.05) is 49.3 Å². The Morgan fingerprint density at radius 1 is 1.29 bits per heavy atom. The summed E-state index contributed by atoms with van der Waals surface area (Å²) in [6.07, 6.45) is 0.896. The van der Waals surface area contributed by atoms with Crippen LogP contribution in [0, 0.1) is 0 Å². The molecule has 6 heteroatoms. The lowest BCUT2D eigenvalue weighted by Gasteiger charge is -2.09. The lowest BCUT2D eigenvalue weighted by Crippen LogP contribution is -2.23. The molecule has 0 aliphatic carbocycles. The van der Waals surface area contributed by atoms with Gasteiger partial charge in [0.25, 0.3) is 5.89 Å². The third-order valence-corrected chi connectivity index (χ3v) is 3.44. The van der Waals surface area contributed by atoms with Gasteiger partial charge < -0.3 is 14.0 Å². The normalized spacial score (nSPS) is 12.2. The van der Waals surface area contributed by atoms with Crippen molar-refractivity contribution in [1.29, 1.82) is 0 Å². The number of carbonyl (C=O) groups is 1. The summed E-state index contributed by atoms with van der Waals surface area (Å²) < 4.78 is 15.4. The second-order valence-electron chi connectivity index (χ2n) is 5.66. The van der Waals surface area contributed by atoms with Crippen molar-refractivity contribution in [3.05, 3.63) is 48.4 Å². The minimum Gasteiger partial charge on any atom is -0.454 e. The number of carbonyl (C=O) groups excluding carboxylic acids is 1. The molecule has 0 amide bonds. The molecule has 2 aromatic rings. The molecule has 2 rings (SSSR count). The Morgan fingerprint density at radius 3 is 2.62 bits per heavy atom. The van der Waals surface area contributed by atoms with Gasteiger partial charge in [0.05, 0.1) is 6.61 Å². The largest absolute Gasteiger partial charge is 0.454 e. The topological polar surface area (TPSA) is 74.5 Å². The van der Waals surface area contributed by atoms with E-state index in [0.29, 0.717) is 11.7 Å². The summed E-state index contributed by atoms with van der Waals surface area (Å²) in [5, 5.41) is 3.91. The molecule has 1 unspecified atom stereocenters. The first-order valence-corrected chi connectivity index (χ1v) is 7.83. The molecule has 128 valence electrons. The van der Waals surface area contributed by atoms with Gasteiger partial charge >= 0.3 is 5.97 Å². The van der Waals surface area contributed by atoms with Crippen LogP contribution in [0.3, 0.4) is 0 Å². The van der Waals surface area contributed by atoms with Crippen molar-refractivity contribution in [2.45, 2.75) is 39.4 Å². The first-order chi connectivity index (χ1) is 11.5. The molecule has 0 fully saturated rings. The summed E-state index contributed by atoms with van der Waals surface area (Å²) in [5.41, 5.74) is 2.09. The quantitative estimate of drug-likeness (QED) is 0.545. The lowest BCUT2D eigenvalue weighted by atomic mass is 10.0. The molecular formula is C18H22N2O4. The Morgan fingerprint density at radius 2 is 2.00 bits per heavy atom. The minimum atomic E-state index is -0.672. The Bertz CT molecular complexity index is 677. The van der Waals surface area contributed by atoms with E-state index in [-0.39, 0.29) is 19.1 Å². The van der Waals surface area contributed by atoms with Crippen molar-refractivity contribution in [2.75, 3.05) is 6.61 Å². The van der Waals surface area contributed by atoms with E-state index in [2.05, 4.69) is 30.6 Å². The van der Waals surface area contributed by atoms with Gasteiger partial charge in [-0.2, -0.15) is 4.98 Å². The van der Waals surface area contributed by atoms with Crippen molar-refractivity contribution in [3.63, 3.8) is 0 Å². The Balaban J connectivity index is 1.93. The van der Waals surface area contributed by atoms with Gasteiger partial charge in [0.2, 0.25) is 5.82 Å². The lowest BCUT2D eigenvalue weighted by molar-refractivity contribution is -0.157. The maximum absolute atomic E-state index is 11.7. The molecule has 1 atom stereocenters. The fraction of sp³-hybridized carbons (Fsp3) is 0.389. The van der Waals surface area contributed by atoms with Gasteiger partial charge in [-0.3, -0.25) is 0 Å². The molecule has 6 nitrogen and oxygen atoms in total. The first-order valence-electron chi connectivity index (χ1n) is 7.83. The van der Waals surface area contributed by atoms with E-state index in [1.54, 1.807) is 13.0 Å². The van der Waals surface area contributed by atoms with E-state index in [0.717, 1.165) is 5.56 Å². The van der Waals surface area contributed by atoms with Crippen molar-refractivity contribution in [3.8, 4) is 11.4 Å². The summed E-state index contributed by atoms with van der Waals surface area (Å²) in [6.45, 7) is 9.60. The van der Waals surface area contributed by atoms with Gasteiger partial charge in [-0.25, -0.2) is 4.79 Å². The van der Waals surface area contributed by atoms with Crippen molar-refractivity contribution >= 4 is 5.97 Å². The summed E-state index contributed by atoms with van der Waals surface area (Å²) in [4.78, 5) is 16.0. The van der Waals surface area contributed by atoms with E-state index in [1.165, 1.54) is 5.56 Å². The van der Waals surface area contributed by atoms with Crippen molar-refractivity contribution < 1.29 is 18.8 Å². The fourth-order valence-electron chi connectivity index (χ4n) is 1.98. The third-order valence-electron chi connectivity index (χ3n) is 3.44. The molecule has 1 heterocycles. The van der Waals surface area contributed by atoms with Crippen molar-refractivity contribution in [2.24, 2.45) is 0 Å². The van der Waals surface area contributed by atoms with Crippen LogP contribution in [-0.4, -0.2) is 28.8 Å². The first kappa shape index (κ1) is 17.9. The van der Waals surface area contributed by atoms with Gasteiger partial charge in [-0.05, 0) is 18.4 Å². The maximum Gasteiger partial charge on any atom is 0.335 e. The molecule has 0 bridgehead atoms. The van der Waals surface area contributed by atoms with Crippen LogP contribution in [0.1, 0.15) is 38.1 Å². The molecule has 0 spiro atoms. The second kappa shape index (κ2) is 8.40. The number of esters is 1. The SMILES string of the molecule is C=CCOC(C)C(=O)OCc1nc(-c2ccc(C(C)C)cc2)no1. The van der Waals surface area contributed by atoms with E-state index >= 15 is 0 Å². The van der Waals surface area contributed by atoms with Gasteiger partial charge in [0.1, 0.15) is 0 Å². The van der Waals surface area contributed by atoms with Gasteiger partial charge in [0.15, 0.2) is 12.7 Å². The van der Waals surface area contributed by atoms with Crippen LogP contribution < -0.4 is 0 Å². The number of aromatic nitrogens is 2. The van der Waals surface area contributed by atoms with Crippen LogP contribution in [0.15, 0.2) is 41.4 Å². The van der Waals surface area contributed by atoms with Gasteiger partial charge in [-0.15, -0.1) is 6.58 Å². The Kier molecular flexibility index (Phi) is 6.26. The molecule has 0 N–H and O–H groups in total. The van der Waals surface area contributed by atoms with E-state index < -0.39 is 12.1 Å².